The van der Waals surface area contributed by atoms with Crippen LogP contribution in [0.2, 0.25) is 0 Å². The van der Waals surface area contributed by atoms with Gasteiger partial charge in [-0.05, 0) is 49.7 Å². The van der Waals surface area contributed by atoms with E-state index in [4.69, 9.17) is 0 Å². The maximum Gasteiger partial charge on any atom is 0.253 e. The maximum atomic E-state index is 12.6. The summed E-state index contributed by atoms with van der Waals surface area (Å²) in [7, 11) is 1.77. The van der Waals surface area contributed by atoms with Crippen molar-refractivity contribution >= 4 is 17.5 Å². The minimum absolute atomic E-state index is 0.0734. The number of para-hydroxylation sites is 1. The molecule has 23 heavy (non-hydrogen) atoms. The molecule has 2 amide bonds. The van der Waals surface area contributed by atoms with Crippen LogP contribution in [0.15, 0.2) is 24.3 Å². The molecule has 0 bridgehead atoms. The molecule has 2 aliphatic carbocycles. The highest BCUT2D eigenvalue weighted by molar-refractivity contribution is 6.05. The molecule has 1 aromatic carbocycles. The van der Waals surface area contributed by atoms with Crippen LogP contribution in [-0.2, 0) is 4.79 Å². The summed E-state index contributed by atoms with van der Waals surface area (Å²) in [6.45, 7) is 2.93. The molecule has 4 heteroatoms. The number of nitrogens with zero attached hydrogens (tertiary/aromatic N) is 1. The van der Waals surface area contributed by atoms with Gasteiger partial charge in [0.2, 0.25) is 5.91 Å². The standard InChI is InChI=1S/C19H26N2O2/c1-3-19(11-6-12-19)13-20-17(22)15-7-4-5-8-16(15)21(2)18(23)14-9-10-14/h4-5,7-8,14H,3,6,9-13H2,1-2H3,(H,20,22). The van der Waals surface area contributed by atoms with Crippen LogP contribution in [-0.4, -0.2) is 25.4 Å². The molecule has 0 unspecified atom stereocenters. The molecule has 0 aromatic heterocycles. The summed E-state index contributed by atoms with van der Waals surface area (Å²) in [5.41, 5.74) is 1.59. The number of carbonyl (C=O) groups excluding carboxylic acids is 2. The maximum absolute atomic E-state index is 12.6. The second kappa shape index (κ2) is 6.34. The van der Waals surface area contributed by atoms with Gasteiger partial charge in [0.25, 0.3) is 5.91 Å². The minimum Gasteiger partial charge on any atom is -0.351 e. The third kappa shape index (κ3) is 3.26. The van der Waals surface area contributed by atoms with E-state index in [9.17, 15) is 9.59 Å². The van der Waals surface area contributed by atoms with Gasteiger partial charge in [0.15, 0.2) is 0 Å². The Hall–Kier alpha value is -1.84. The molecule has 3 rings (SSSR count). The van der Waals surface area contributed by atoms with E-state index >= 15 is 0 Å². The molecule has 2 fully saturated rings. The predicted octanol–water partition coefficient (Wildman–Crippen LogP) is 3.37. The third-order valence-corrected chi connectivity index (χ3v) is 5.56. The molecule has 1 N–H and O–H groups in total. The van der Waals surface area contributed by atoms with Crippen LogP contribution in [0.1, 0.15) is 55.8 Å². The third-order valence-electron chi connectivity index (χ3n) is 5.56. The summed E-state index contributed by atoms with van der Waals surface area (Å²) in [5, 5.41) is 3.09. The van der Waals surface area contributed by atoms with Crippen molar-refractivity contribution in [2.45, 2.75) is 45.4 Å². The van der Waals surface area contributed by atoms with E-state index < -0.39 is 0 Å². The largest absolute Gasteiger partial charge is 0.351 e. The van der Waals surface area contributed by atoms with Crippen LogP contribution in [0, 0.1) is 11.3 Å². The van der Waals surface area contributed by atoms with Gasteiger partial charge in [-0.25, -0.2) is 0 Å². The Kier molecular flexibility index (Phi) is 4.42. The van der Waals surface area contributed by atoms with E-state index in [0.717, 1.165) is 25.8 Å². The van der Waals surface area contributed by atoms with Gasteiger partial charge in [-0.2, -0.15) is 0 Å². The summed E-state index contributed by atoms with van der Waals surface area (Å²) in [6.07, 6.45) is 6.71. The molecule has 1 aromatic rings. The summed E-state index contributed by atoms with van der Waals surface area (Å²) in [5.74, 6) is 0.194. The molecule has 0 radical (unpaired) electrons. The Balaban J connectivity index is 1.71. The Morgan fingerprint density at radius 3 is 2.52 bits per heavy atom. The van der Waals surface area contributed by atoms with Gasteiger partial charge < -0.3 is 10.2 Å². The topological polar surface area (TPSA) is 49.4 Å². The van der Waals surface area contributed by atoms with Gasteiger partial charge in [0.1, 0.15) is 0 Å². The highest BCUT2D eigenvalue weighted by atomic mass is 16.2. The van der Waals surface area contributed by atoms with Crippen molar-refractivity contribution in [2.24, 2.45) is 11.3 Å². The molecule has 0 saturated heterocycles. The second-order valence-corrected chi connectivity index (χ2v) is 7.08. The van der Waals surface area contributed by atoms with Crippen LogP contribution in [0.3, 0.4) is 0 Å². The van der Waals surface area contributed by atoms with E-state index in [1.807, 2.05) is 18.2 Å². The van der Waals surface area contributed by atoms with E-state index in [0.29, 0.717) is 16.7 Å². The molecule has 0 spiro atoms. The normalized spacial score (nSPS) is 18.9. The monoisotopic (exact) mass is 314 g/mol. The van der Waals surface area contributed by atoms with Crippen LogP contribution in [0.25, 0.3) is 0 Å². The lowest BCUT2D eigenvalue weighted by atomic mass is 9.67. The number of hydrogen-bond donors (Lipinski definition) is 1. The molecule has 124 valence electrons. The SMILES string of the molecule is CCC1(CNC(=O)c2ccccc2N(C)C(=O)C2CC2)CCC1. The summed E-state index contributed by atoms with van der Waals surface area (Å²) < 4.78 is 0. The zero-order chi connectivity index (χ0) is 16.4. The zero-order valence-electron chi connectivity index (χ0n) is 14.1. The fourth-order valence-electron chi connectivity index (χ4n) is 3.38. The lowest BCUT2D eigenvalue weighted by molar-refractivity contribution is -0.119. The smallest absolute Gasteiger partial charge is 0.253 e. The van der Waals surface area contributed by atoms with Gasteiger partial charge in [0, 0.05) is 19.5 Å². The number of benzene rings is 1. The van der Waals surface area contributed by atoms with E-state index in [1.165, 1.54) is 19.3 Å². The first-order valence-corrected chi connectivity index (χ1v) is 8.71. The Morgan fingerprint density at radius 1 is 1.26 bits per heavy atom. The number of carbonyl (C=O) groups is 2. The van der Waals surface area contributed by atoms with Crippen molar-refractivity contribution in [1.29, 1.82) is 0 Å². The number of hydrogen-bond acceptors (Lipinski definition) is 2. The van der Waals surface area contributed by atoms with Crippen molar-refractivity contribution in [1.82, 2.24) is 5.32 Å². The fraction of sp³-hybridized carbons (Fsp3) is 0.579. The average molecular weight is 314 g/mol. The summed E-state index contributed by atoms with van der Waals surface area (Å²) >= 11 is 0. The van der Waals surface area contributed by atoms with Gasteiger partial charge in [0.05, 0.1) is 11.3 Å². The van der Waals surface area contributed by atoms with Crippen molar-refractivity contribution in [3.63, 3.8) is 0 Å². The average Bonchev–Trinajstić information content (AvgIpc) is 3.37. The molecule has 0 atom stereocenters. The molecular weight excluding hydrogens is 288 g/mol. The highest BCUT2D eigenvalue weighted by Gasteiger charge is 2.36. The summed E-state index contributed by atoms with van der Waals surface area (Å²) in [4.78, 5) is 26.6. The highest BCUT2D eigenvalue weighted by Crippen LogP contribution is 2.43. The first-order valence-electron chi connectivity index (χ1n) is 8.71. The van der Waals surface area contributed by atoms with Crippen molar-refractivity contribution in [3.05, 3.63) is 29.8 Å². The first-order chi connectivity index (χ1) is 11.1. The number of rotatable bonds is 6. The molecule has 2 saturated carbocycles. The van der Waals surface area contributed by atoms with Crippen molar-refractivity contribution in [3.8, 4) is 0 Å². The van der Waals surface area contributed by atoms with Gasteiger partial charge >= 0.3 is 0 Å². The van der Waals surface area contributed by atoms with Gasteiger partial charge in [-0.15, -0.1) is 0 Å². The van der Waals surface area contributed by atoms with Crippen LogP contribution < -0.4 is 10.2 Å². The van der Waals surface area contributed by atoms with E-state index in [2.05, 4.69) is 12.2 Å². The minimum atomic E-state index is -0.0734. The number of nitrogens with one attached hydrogen (secondary N) is 1. The van der Waals surface area contributed by atoms with Crippen LogP contribution in [0.4, 0.5) is 5.69 Å². The van der Waals surface area contributed by atoms with Crippen LogP contribution in [0.5, 0.6) is 0 Å². The Bertz CT molecular complexity index is 598. The first kappa shape index (κ1) is 16.0. The number of anilines is 1. The lowest BCUT2D eigenvalue weighted by Gasteiger charge is -2.41. The Labute approximate surface area is 138 Å². The molecule has 2 aliphatic rings. The van der Waals surface area contributed by atoms with Crippen molar-refractivity contribution < 1.29 is 9.59 Å². The summed E-state index contributed by atoms with van der Waals surface area (Å²) in [6, 6.07) is 7.39. The molecular formula is C19H26N2O2. The molecule has 0 heterocycles. The van der Waals surface area contributed by atoms with Crippen LogP contribution >= 0.6 is 0 Å². The fourth-order valence-corrected chi connectivity index (χ4v) is 3.38. The lowest BCUT2D eigenvalue weighted by Crippen LogP contribution is -2.42. The molecule has 4 nitrogen and oxygen atoms in total. The van der Waals surface area contributed by atoms with E-state index in [1.54, 1.807) is 18.0 Å². The molecule has 0 aliphatic heterocycles. The van der Waals surface area contributed by atoms with E-state index in [-0.39, 0.29) is 17.7 Å². The second-order valence-electron chi connectivity index (χ2n) is 7.08. The van der Waals surface area contributed by atoms with Gasteiger partial charge in [-0.1, -0.05) is 25.5 Å². The van der Waals surface area contributed by atoms with Gasteiger partial charge in [-0.3, -0.25) is 9.59 Å². The number of amides is 2. The predicted molar refractivity (Wildman–Crippen MR) is 91.5 cm³/mol. The quantitative estimate of drug-likeness (QED) is 0.875. The van der Waals surface area contributed by atoms with Crippen molar-refractivity contribution in [2.75, 3.05) is 18.5 Å². The zero-order valence-corrected chi connectivity index (χ0v) is 14.1. The Morgan fingerprint density at radius 2 is 1.96 bits per heavy atom.